The van der Waals surface area contributed by atoms with Crippen LogP contribution in [0.3, 0.4) is 0 Å². The molecule has 1 aromatic rings. The lowest BCUT2D eigenvalue weighted by Gasteiger charge is -2.46. The number of hydrogen-bond donors (Lipinski definition) is 1. The highest BCUT2D eigenvalue weighted by Crippen LogP contribution is 2.41. The number of benzene rings is 1. The van der Waals surface area contributed by atoms with Gasteiger partial charge in [-0.3, -0.25) is 4.90 Å². The van der Waals surface area contributed by atoms with E-state index >= 15 is 0 Å². The fourth-order valence-corrected chi connectivity index (χ4v) is 3.85. The number of phenolic OH excluding ortho intramolecular Hbond substituents is 1. The first-order chi connectivity index (χ1) is 9.50. The predicted molar refractivity (Wildman–Crippen MR) is 85.4 cm³/mol. The average Bonchev–Trinajstić information content (AvgIpc) is 2.39. The van der Waals surface area contributed by atoms with E-state index in [1.807, 2.05) is 12.1 Å². The van der Waals surface area contributed by atoms with Gasteiger partial charge in [0.15, 0.2) is 0 Å². The summed E-state index contributed by atoms with van der Waals surface area (Å²) in [5.41, 5.74) is 2.86. The molecule has 1 atom stereocenters. The van der Waals surface area contributed by atoms with E-state index in [0.717, 1.165) is 6.42 Å². The van der Waals surface area contributed by atoms with Gasteiger partial charge in [0.05, 0.1) is 0 Å². The lowest BCUT2D eigenvalue weighted by molar-refractivity contribution is 0.116. The monoisotopic (exact) mass is 275 g/mol. The summed E-state index contributed by atoms with van der Waals surface area (Å²) < 4.78 is 0. The summed E-state index contributed by atoms with van der Waals surface area (Å²) in [5, 5.41) is 9.84. The molecule has 1 aliphatic carbocycles. The Labute approximate surface area is 123 Å². The molecule has 1 aliphatic rings. The van der Waals surface area contributed by atoms with Crippen molar-refractivity contribution in [1.82, 2.24) is 4.90 Å². The van der Waals surface area contributed by atoms with E-state index in [1.165, 1.54) is 43.5 Å². The van der Waals surface area contributed by atoms with Crippen molar-refractivity contribution in [3.63, 3.8) is 0 Å². The van der Waals surface area contributed by atoms with Crippen molar-refractivity contribution in [1.29, 1.82) is 0 Å². The molecule has 2 nitrogen and oxygen atoms in total. The quantitative estimate of drug-likeness (QED) is 0.874. The van der Waals surface area contributed by atoms with Gasteiger partial charge in [-0.05, 0) is 62.0 Å². The van der Waals surface area contributed by atoms with Gasteiger partial charge in [0, 0.05) is 11.5 Å². The molecule has 0 aromatic heterocycles. The van der Waals surface area contributed by atoms with Gasteiger partial charge in [0.25, 0.3) is 0 Å². The molecule has 2 heteroatoms. The Hall–Kier alpha value is -1.02. The Bertz CT molecular complexity index is 447. The highest BCUT2D eigenvalue weighted by Gasteiger charge is 2.39. The van der Waals surface area contributed by atoms with Crippen LogP contribution in [0.1, 0.15) is 58.1 Å². The van der Waals surface area contributed by atoms with Gasteiger partial charge >= 0.3 is 0 Å². The van der Waals surface area contributed by atoms with Crippen LogP contribution in [-0.4, -0.2) is 29.1 Å². The summed E-state index contributed by atoms with van der Waals surface area (Å²) in [5.74, 6) is 0.398. The minimum Gasteiger partial charge on any atom is -0.508 e. The molecule has 0 saturated heterocycles. The molecular formula is C18H29NO. The second-order valence-electron chi connectivity index (χ2n) is 6.65. The SMILES string of the molecule is CCCN(CCC)[C@H]1CCc2ccc(O)cc2C1(C)C. The molecule has 0 heterocycles. The van der Waals surface area contributed by atoms with E-state index < -0.39 is 0 Å². The topological polar surface area (TPSA) is 23.5 Å². The fraction of sp³-hybridized carbons (Fsp3) is 0.667. The van der Waals surface area contributed by atoms with Gasteiger partial charge in [-0.25, -0.2) is 0 Å². The van der Waals surface area contributed by atoms with Crippen molar-refractivity contribution in [2.24, 2.45) is 0 Å². The lowest BCUT2D eigenvalue weighted by Crippen LogP contribution is -2.50. The molecule has 1 N–H and O–H groups in total. The molecule has 0 saturated carbocycles. The smallest absolute Gasteiger partial charge is 0.115 e. The predicted octanol–water partition coefficient (Wildman–Crippen LogP) is 4.11. The maximum absolute atomic E-state index is 9.84. The normalized spacial score (nSPS) is 20.9. The van der Waals surface area contributed by atoms with Crippen LogP contribution < -0.4 is 0 Å². The van der Waals surface area contributed by atoms with Crippen molar-refractivity contribution >= 4 is 0 Å². The first-order valence-electron chi connectivity index (χ1n) is 8.07. The van der Waals surface area contributed by atoms with Crippen LogP contribution in [0.25, 0.3) is 0 Å². The number of rotatable bonds is 5. The molecule has 2 rings (SSSR count). The summed E-state index contributed by atoms with van der Waals surface area (Å²) in [6.45, 7) is 11.6. The van der Waals surface area contributed by atoms with Crippen molar-refractivity contribution in [3.8, 4) is 5.75 Å². The maximum atomic E-state index is 9.84. The number of fused-ring (bicyclic) bond motifs is 1. The Morgan fingerprint density at radius 1 is 1.20 bits per heavy atom. The molecule has 0 radical (unpaired) electrons. The van der Waals surface area contributed by atoms with Crippen molar-refractivity contribution in [2.75, 3.05) is 13.1 Å². The minimum absolute atomic E-state index is 0.108. The summed E-state index contributed by atoms with van der Waals surface area (Å²) in [6.07, 6.45) is 4.78. The highest BCUT2D eigenvalue weighted by molar-refractivity contribution is 5.42. The van der Waals surface area contributed by atoms with Crippen LogP contribution in [0, 0.1) is 0 Å². The Morgan fingerprint density at radius 3 is 2.45 bits per heavy atom. The minimum atomic E-state index is 0.108. The zero-order chi connectivity index (χ0) is 14.8. The van der Waals surface area contributed by atoms with Gasteiger partial charge in [-0.2, -0.15) is 0 Å². The van der Waals surface area contributed by atoms with E-state index in [-0.39, 0.29) is 5.41 Å². The standard InChI is InChI=1S/C18H29NO/c1-5-11-19(12-6-2)17-10-8-14-7-9-15(20)13-16(14)18(17,3)4/h7,9,13,17,20H,5-6,8,10-12H2,1-4H3/t17-/m0/s1. The molecule has 20 heavy (non-hydrogen) atoms. The molecule has 0 aliphatic heterocycles. The third kappa shape index (κ3) is 2.85. The average molecular weight is 275 g/mol. The van der Waals surface area contributed by atoms with E-state index in [1.54, 1.807) is 0 Å². The molecule has 1 aromatic carbocycles. The Kier molecular flexibility index (Phi) is 4.74. The van der Waals surface area contributed by atoms with Crippen LogP contribution in [0.15, 0.2) is 18.2 Å². The number of nitrogens with zero attached hydrogens (tertiary/aromatic N) is 1. The van der Waals surface area contributed by atoms with Gasteiger partial charge in [0.1, 0.15) is 5.75 Å². The number of aromatic hydroxyl groups is 1. The number of hydrogen-bond acceptors (Lipinski definition) is 2. The van der Waals surface area contributed by atoms with E-state index in [9.17, 15) is 5.11 Å². The van der Waals surface area contributed by atoms with E-state index in [0.29, 0.717) is 11.8 Å². The van der Waals surface area contributed by atoms with E-state index in [2.05, 4.69) is 38.7 Å². The third-order valence-electron chi connectivity index (χ3n) is 4.77. The third-order valence-corrected chi connectivity index (χ3v) is 4.77. The molecular weight excluding hydrogens is 246 g/mol. The van der Waals surface area contributed by atoms with Crippen molar-refractivity contribution < 1.29 is 5.11 Å². The lowest BCUT2D eigenvalue weighted by atomic mass is 9.68. The number of phenols is 1. The first kappa shape index (κ1) is 15.4. The van der Waals surface area contributed by atoms with Crippen LogP contribution in [0.4, 0.5) is 0 Å². The van der Waals surface area contributed by atoms with Gasteiger partial charge in [-0.1, -0.05) is 33.8 Å². The summed E-state index contributed by atoms with van der Waals surface area (Å²) in [6, 6.07) is 6.49. The Morgan fingerprint density at radius 2 is 1.85 bits per heavy atom. The fourth-order valence-electron chi connectivity index (χ4n) is 3.85. The molecule has 0 fully saturated rings. The molecule has 0 unspecified atom stereocenters. The van der Waals surface area contributed by atoms with Crippen LogP contribution >= 0.6 is 0 Å². The number of aryl methyl sites for hydroxylation is 1. The molecule has 0 spiro atoms. The van der Waals surface area contributed by atoms with Crippen LogP contribution in [-0.2, 0) is 11.8 Å². The molecule has 0 amide bonds. The zero-order valence-corrected chi connectivity index (χ0v) is 13.4. The first-order valence-corrected chi connectivity index (χ1v) is 8.07. The van der Waals surface area contributed by atoms with Crippen LogP contribution in [0.5, 0.6) is 5.75 Å². The highest BCUT2D eigenvalue weighted by atomic mass is 16.3. The second kappa shape index (κ2) is 6.17. The largest absolute Gasteiger partial charge is 0.508 e. The second-order valence-corrected chi connectivity index (χ2v) is 6.65. The summed E-state index contributed by atoms with van der Waals surface area (Å²) >= 11 is 0. The summed E-state index contributed by atoms with van der Waals surface area (Å²) in [4.78, 5) is 2.66. The molecule has 0 bridgehead atoms. The Balaban J connectivity index is 2.33. The van der Waals surface area contributed by atoms with Gasteiger partial charge in [0.2, 0.25) is 0 Å². The van der Waals surface area contributed by atoms with Gasteiger partial charge in [-0.15, -0.1) is 0 Å². The summed E-state index contributed by atoms with van der Waals surface area (Å²) in [7, 11) is 0. The van der Waals surface area contributed by atoms with E-state index in [4.69, 9.17) is 0 Å². The maximum Gasteiger partial charge on any atom is 0.115 e. The van der Waals surface area contributed by atoms with Crippen molar-refractivity contribution in [2.45, 2.75) is 64.8 Å². The zero-order valence-electron chi connectivity index (χ0n) is 13.4. The van der Waals surface area contributed by atoms with Crippen molar-refractivity contribution in [3.05, 3.63) is 29.3 Å². The van der Waals surface area contributed by atoms with Crippen LogP contribution in [0.2, 0.25) is 0 Å². The molecule has 112 valence electrons. The van der Waals surface area contributed by atoms with Gasteiger partial charge < -0.3 is 5.11 Å².